The Bertz CT molecular complexity index is 1030. The summed E-state index contributed by atoms with van der Waals surface area (Å²) in [5.74, 6) is -0.295. The molecular weight excluding hydrogens is 335 g/mol. The molecule has 134 valence electrons. The zero-order valence-electron chi connectivity index (χ0n) is 14.7. The van der Waals surface area contributed by atoms with E-state index in [4.69, 9.17) is 4.74 Å². The predicted molar refractivity (Wildman–Crippen MR) is 98.0 cm³/mol. The predicted octanol–water partition coefficient (Wildman–Crippen LogP) is 3.18. The van der Waals surface area contributed by atoms with Crippen molar-refractivity contribution in [2.75, 3.05) is 7.11 Å². The van der Waals surface area contributed by atoms with Gasteiger partial charge in [0.2, 0.25) is 5.43 Å². The number of hydrogen-bond acceptors (Lipinski definition) is 3. The van der Waals surface area contributed by atoms with Crippen LogP contribution in [0.5, 0.6) is 5.75 Å². The number of hydrogen-bond donors (Lipinski definition) is 1. The van der Waals surface area contributed by atoms with Crippen LogP contribution in [0.2, 0.25) is 0 Å². The summed E-state index contributed by atoms with van der Waals surface area (Å²) >= 11 is 0. The number of ether oxygens (including phenoxy) is 1. The summed E-state index contributed by atoms with van der Waals surface area (Å²) in [6.07, 6.45) is 1.47. The lowest BCUT2D eigenvalue weighted by Gasteiger charge is -2.15. The Balaban J connectivity index is 1.92. The van der Waals surface area contributed by atoms with Crippen LogP contribution < -0.4 is 15.5 Å². The number of nitrogens with zero attached hydrogens (tertiary/aromatic N) is 1. The van der Waals surface area contributed by atoms with Gasteiger partial charge in [-0.1, -0.05) is 12.1 Å². The third-order valence-electron chi connectivity index (χ3n) is 4.36. The molecule has 1 heterocycles. The quantitative estimate of drug-likeness (QED) is 0.783. The summed E-state index contributed by atoms with van der Waals surface area (Å²) in [4.78, 5) is 25.2. The van der Waals surface area contributed by atoms with E-state index in [-0.39, 0.29) is 17.0 Å². The van der Waals surface area contributed by atoms with Crippen LogP contribution in [0.3, 0.4) is 0 Å². The lowest BCUT2D eigenvalue weighted by Crippen LogP contribution is -2.31. The van der Waals surface area contributed by atoms with Gasteiger partial charge in [0, 0.05) is 18.6 Å². The number of rotatable bonds is 4. The van der Waals surface area contributed by atoms with Crippen LogP contribution in [-0.2, 0) is 7.05 Å². The standard InChI is InChI=1S/C20H19FN2O3/c1-12(13-4-7-15(26-3)8-5-13)22-20(25)17-11-23(2)18-9-6-14(21)10-16(18)19(17)24/h4-12H,1-3H3,(H,22,25)/t12-/m1/s1. The van der Waals surface area contributed by atoms with E-state index < -0.39 is 17.2 Å². The molecule has 1 atom stereocenters. The van der Waals surface area contributed by atoms with Gasteiger partial charge in [-0.15, -0.1) is 0 Å². The minimum absolute atomic E-state index is 0.0223. The van der Waals surface area contributed by atoms with Crippen molar-refractivity contribution in [3.63, 3.8) is 0 Å². The Kier molecular flexibility index (Phi) is 4.75. The molecule has 0 aliphatic heterocycles. The number of amides is 1. The van der Waals surface area contributed by atoms with E-state index >= 15 is 0 Å². The molecule has 0 aliphatic rings. The normalized spacial score (nSPS) is 12.0. The molecule has 0 saturated carbocycles. The number of carbonyl (C=O) groups excluding carboxylic acids is 1. The molecule has 2 aromatic carbocycles. The van der Waals surface area contributed by atoms with Crippen LogP contribution in [0.15, 0.2) is 53.5 Å². The minimum atomic E-state index is -0.515. The average molecular weight is 354 g/mol. The maximum Gasteiger partial charge on any atom is 0.257 e. The van der Waals surface area contributed by atoms with Gasteiger partial charge < -0.3 is 14.6 Å². The lowest BCUT2D eigenvalue weighted by atomic mass is 10.1. The monoisotopic (exact) mass is 354 g/mol. The Labute approximate surface area is 150 Å². The first-order valence-electron chi connectivity index (χ1n) is 8.14. The van der Waals surface area contributed by atoms with Gasteiger partial charge in [0.1, 0.15) is 17.1 Å². The third-order valence-corrected chi connectivity index (χ3v) is 4.36. The van der Waals surface area contributed by atoms with Gasteiger partial charge in [0.05, 0.1) is 18.7 Å². The van der Waals surface area contributed by atoms with Crippen molar-refractivity contribution < 1.29 is 13.9 Å². The molecule has 6 heteroatoms. The van der Waals surface area contributed by atoms with Crippen LogP contribution in [0.25, 0.3) is 10.9 Å². The number of fused-ring (bicyclic) bond motifs is 1. The molecule has 0 saturated heterocycles. The van der Waals surface area contributed by atoms with Crippen molar-refractivity contribution in [2.45, 2.75) is 13.0 Å². The van der Waals surface area contributed by atoms with Crippen LogP contribution in [-0.4, -0.2) is 17.6 Å². The van der Waals surface area contributed by atoms with Crippen molar-refractivity contribution in [1.82, 2.24) is 9.88 Å². The topological polar surface area (TPSA) is 60.3 Å². The third kappa shape index (κ3) is 3.31. The summed E-state index contributed by atoms with van der Waals surface area (Å²) in [5, 5.41) is 2.99. The number of carbonyl (C=O) groups is 1. The second kappa shape index (κ2) is 7.00. The van der Waals surface area contributed by atoms with Crippen molar-refractivity contribution in [3.05, 3.63) is 75.8 Å². The number of methoxy groups -OCH3 is 1. The van der Waals surface area contributed by atoms with Gasteiger partial charge in [-0.05, 0) is 42.8 Å². The maximum atomic E-state index is 13.5. The molecule has 0 radical (unpaired) electrons. The number of benzene rings is 2. The Hall–Kier alpha value is -3.15. The Morgan fingerprint density at radius 1 is 1.19 bits per heavy atom. The van der Waals surface area contributed by atoms with E-state index in [2.05, 4.69) is 5.32 Å². The second-order valence-corrected chi connectivity index (χ2v) is 6.11. The van der Waals surface area contributed by atoms with Gasteiger partial charge >= 0.3 is 0 Å². The van der Waals surface area contributed by atoms with Crippen molar-refractivity contribution in [1.29, 1.82) is 0 Å². The van der Waals surface area contributed by atoms with Crippen LogP contribution in [0, 0.1) is 5.82 Å². The number of nitrogens with one attached hydrogen (secondary N) is 1. The number of aromatic nitrogens is 1. The minimum Gasteiger partial charge on any atom is -0.497 e. The second-order valence-electron chi connectivity index (χ2n) is 6.11. The molecule has 0 unspecified atom stereocenters. The molecule has 3 aromatic rings. The lowest BCUT2D eigenvalue weighted by molar-refractivity contribution is 0.0938. The number of aryl methyl sites for hydroxylation is 1. The highest BCUT2D eigenvalue weighted by Gasteiger charge is 2.17. The van der Waals surface area contributed by atoms with Gasteiger partial charge in [0.15, 0.2) is 0 Å². The molecule has 0 fully saturated rings. The summed E-state index contributed by atoms with van der Waals surface area (Å²) in [5.41, 5.74) is 0.932. The fraction of sp³-hybridized carbons (Fsp3) is 0.200. The molecule has 1 N–H and O–H groups in total. The van der Waals surface area contributed by atoms with E-state index in [0.717, 1.165) is 17.4 Å². The number of halogens is 1. The molecule has 0 bridgehead atoms. The number of pyridine rings is 1. The van der Waals surface area contributed by atoms with E-state index in [1.165, 1.54) is 18.3 Å². The molecule has 26 heavy (non-hydrogen) atoms. The molecular formula is C20H19FN2O3. The van der Waals surface area contributed by atoms with Crippen molar-refractivity contribution in [2.24, 2.45) is 7.05 Å². The highest BCUT2D eigenvalue weighted by atomic mass is 19.1. The first-order valence-corrected chi connectivity index (χ1v) is 8.14. The SMILES string of the molecule is COc1ccc([C@@H](C)NC(=O)c2cn(C)c3ccc(F)cc3c2=O)cc1. The van der Waals surface area contributed by atoms with E-state index in [0.29, 0.717) is 5.52 Å². The molecule has 3 rings (SSSR count). The van der Waals surface area contributed by atoms with E-state index in [1.54, 1.807) is 30.9 Å². The highest BCUT2D eigenvalue weighted by Crippen LogP contribution is 2.18. The molecule has 1 amide bonds. The van der Waals surface area contributed by atoms with E-state index in [9.17, 15) is 14.0 Å². The Morgan fingerprint density at radius 2 is 1.88 bits per heavy atom. The fourth-order valence-corrected chi connectivity index (χ4v) is 2.88. The van der Waals surface area contributed by atoms with Crippen LogP contribution in [0.1, 0.15) is 28.9 Å². The van der Waals surface area contributed by atoms with Gasteiger partial charge in [-0.3, -0.25) is 9.59 Å². The van der Waals surface area contributed by atoms with E-state index in [1.807, 2.05) is 19.1 Å². The fourth-order valence-electron chi connectivity index (χ4n) is 2.88. The summed E-state index contributed by atoms with van der Waals surface area (Å²) < 4.78 is 20.3. The van der Waals surface area contributed by atoms with Crippen molar-refractivity contribution in [3.8, 4) is 5.75 Å². The first kappa shape index (κ1) is 17.7. The van der Waals surface area contributed by atoms with Crippen LogP contribution in [0.4, 0.5) is 4.39 Å². The summed E-state index contributed by atoms with van der Waals surface area (Å²) in [7, 11) is 3.29. The molecule has 0 aliphatic carbocycles. The average Bonchev–Trinajstić information content (AvgIpc) is 2.64. The zero-order chi connectivity index (χ0) is 18.8. The highest BCUT2D eigenvalue weighted by molar-refractivity contribution is 5.97. The smallest absolute Gasteiger partial charge is 0.257 e. The summed E-state index contributed by atoms with van der Waals surface area (Å²) in [6, 6.07) is 10.9. The zero-order valence-corrected chi connectivity index (χ0v) is 14.7. The molecule has 0 spiro atoms. The van der Waals surface area contributed by atoms with Crippen molar-refractivity contribution >= 4 is 16.8 Å². The molecule has 1 aromatic heterocycles. The summed E-state index contributed by atoms with van der Waals surface area (Å²) in [6.45, 7) is 1.82. The van der Waals surface area contributed by atoms with Gasteiger partial charge in [-0.25, -0.2) is 4.39 Å². The first-order chi connectivity index (χ1) is 12.4. The Morgan fingerprint density at radius 3 is 2.54 bits per heavy atom. The molecule has 5 nitrogen and oxygen atoms in total. The maximum absolute atomic E-state index is 13.5. The van der Waals surface area contributed by atoms with Gasteiger partial charge in [-0.2, -0.15) is 0 Å². The van der Waals surface area contributed by atoms with Gasteiger partial charge in [0.25, 0.3) is 5.91 Å². The largest absolute Gasteiger partial charge is 0.497 e. The van der Waals surface area contributed by atoms with Crippen LogP contribution >= 0.6 is 0 Å².